The summed E-state index contributed by atoms with van der Waals surface area (Å²) < 4.78 is 2.23. The standard InChI is InChI=1S/C14H18N2S/c1-2-14-15-8-9-16(14)10-13(11-17)12-6-4-3-5-7-12/h3-9,13,17H,2,10-11H2,1H3. The Hall–Kier alpha value is -1.22. The molecule has 0 amide bonds. The van der Waals surface area contributed by atoms with E-state index in [9.17, 15) is 0 Å². The molecule has 17 heavy (non-hydrogen) atoms. The Morgan fingerprint density at radius 3 is 2.71 bits per heavy atom. The minimum absolute atomic E-state index is 0.444. The summed E-state index contributed by atoms with van der Waals surface area (Å²) in [6.07, 6.45) is 4.90. The van der Waals surface area contributed by atoms with Gasteiger partial charge in [-0.05, 0) is 11.3 Å². The quantitative estimate of drug-likeness (QED) is 0.802. The molecule has 1 atom stereocenters. The summed E-state index contributed by atoms with van der Waals surface area (Å²) in [7, 11) is 0. The smallest absolute Gasteiger partial charge is 0.108 e. The maximum absolute atomic E-state index is 4.47. The Bertz CT molecular complexity index is 450. The van der Waals surface area contributed by atoms with Crippen LogP contribution in [0.25, 0.3) is 0 Å². The van der Waals surface area contributed by atoms with Crippen LogP contribution >= 0.6 is 12.6 Å². The van der Waals surface area contributed by atoms with Crippen LogP contribution in [-0.4, -0.2) is 15.3 Å². The number of thiol groups is 1. The van der Waals surface area contributed by atoms with Crippen LogP contribution in [-0.2, 0) is 13.0 Å². The molecule has 1 unspecified atom stereocenters. The van der Waals surface area contributed by atoms with Crippen LogP contribution in [0.15, 0.2) is 42.7 Å². The van der Waals surface area contributed by atoms with Gasteiger partial charge < -0.3 is 4.57 Å². The van der Waals surface area contributed by atoms with Crippen LogP contribution in [0.5, 0.6) is 0 Å². The summed E-state index contributed by atoms with van der Waals surface area (Å²) in [5.74, 6) is 2.44. The van der Waals surface area contributed by atoms with E-state index in [2.05, 4.69) is 59.6 Å². The third-order valence-electron chi connectivity index (χ3n) is 3.03. The molecule has 1 heterocycles. The van der Waals surface area contributed by atoms with E-state index in [0.717, 1.165) is 24.5 Å². The van der Waals surface area contributed by atoms with Crippen LogP contribution in [0.2, 0.25) is 0 Å². The molecular formula is C14H18N2S. The van der Waals surface area contributed by atoms with E-state index in [-0.39, 0.29) is 0 Å². The molecule has 0 radical (unpaired) electrons. The molecule has 0 saturated heterocycles. The normalized spacial score (nSPS) is 12.6. The van der Waals surface area contributed by atoms with Gasteiger partial charge in [0.15, 0.2) is 0 Å². The van der Waals surface area contributed by atoms with E-state index in [1.165, 1.54) is 5.56 Å². The molecular weight excluding hydrogens is 228 g/mol. The summed E-state index contributed by atoms with van der Waals surface area (Å²) in [6, 6.07) is 10.6. The molecule has 0 saturated carbocycles. The first-order valence-electron chi connectivity index (χ1n) is 6.01. The molecule has 0 aliphatic carbocycles. The van der Waals surface area contributed by atoms with Gasteiger partial charge in [-0.25, -0.2) is 4.98 Å². The summed E-state index contributed by atoms with van der Waals surface area (Å²) in [5, 5.41) is 0. The van der Waals surface area contributed by atoms with Crippen molar-refractivity contribution in [3.05, 3.63) is 54.1 Å². The lowest BCUT2D eigenvalue weighted by Gasteiger charge is -2.17. The van der Waals surface area contributed by atoms with Gasteiger partial charge in [0.1, 0.15) is 5.82 Å². The highest BCUT2D eigenvalue weighted by Crippen LogP contribution is 2.20. The molecule has 0 aliphatic heterocycles. The van der Waals surface area contributed by atoms with Crippen LogP contribution in [0.4, 0.5) is 0 Å². The van der Waals surface area contributed by atoms with Gasteiger partial charge in [-0.2, -0.15) is 12.6 Å². The van der Waals surface area contributed by atoms with E-state index in [4.69, 9.17) is 0 Å². The van der Waals surface area contributed by atoms with Crippen molar-refractivity contribution in [1.82, 2.24) is 9.55 Å². The number of aryl methyl sites for hydroxylation is 1. The van der Waals surface area contributed by atoms with E-state index < -0.39 is 0 Å². The van der Waals surface area contributed by atoms with Gasteiger partial charge in [-0.15, -0.1) is 0 Å². The molecule has 0 spiro atoms. The molecule has 0 bridgehead atoms. The van der Waals surface area contributed by atoms with Crippen molar-refractivity contribution in [1.29, 1.82) is 0 Å². The summed E-state index contributed by atoms with van der Waals surface area (Å²) >= 11 is 4.47. The Morgan fingerprint density at radius 2 is 2.06 bits per heavy atom. The lowest BCUT2D eigenvalue weighted by Crippen LogP contribution is -2.12. The summed E-state index contributed by atoms with van der Waals surface area (Å²) in [4.78, 5) is 4.35. The lowest BCUT2D eigenvalue weighted by atomic mass is 10.0. The van der Waals surface area contributed by atoms with Gasteiger partial charge >= 0.3 is 0 Å². The SMILES string of the molecule is CCc1nccn1CC(CS)c1ccccc1. The van der Waals surface area contributed by atoms with Gasteiger partial charge in [-0.3, -0.25) is 0 Å². The second-order valence-electron chi connectivity index (χ2n) is 4.14. The molecule has 3 heteroatoms. The zero-order chi connectivity index (χ0) is 12.1. The van der Waals surface area contributed by atoms with Crippen LogP contribution in [0.1, 0.15) is 24.2 Å². The summed E-state index contributed by atoms with van der Waals surface area (Å²) in [5.41, 5.74) is 1.35. The van der Waals surface area contributed by atoms with E-state index in [0.29, 0.717) is 5.92 Å². The van der Waals surface area contributed by atoms with E-state index in [1.54, 1.807) is 0 Å². The van der Waals surface area contributed by atoms with Crippen molar-refractivity contribution < 1.29 is 0 Å². The molecule has 2 rings (SSSR count). The highest BCUT2D eigenvalue weighted by atomic mass is 32.1. The first-order chi connectivity index (χ1) is 8.35. The number of benzene rings is 1. The van der Waals surface area contributed by atoms with E-state index in [1.807, 2.05) is 12.3 Å². The molecule has 2 nitrogen and oxygen atoms in total. The minimum atomic E-state index is 0.444. The largest absolute Gasteiger partial charge is 0.334 e. The van der Waals surface area contributed by atoms with Crippen LogP contribution < -0.4 is 0 Å². The monoisotopic (exact) mass is 246 g/mol. The molecule has 90 valence electrons. The first-order valence-corrected chi connectivity index (χ1v) is 6.64. The number of hydrogen-bond donors (Lipinski definition) is 1. The van der Waals surface area contributed by atoms with Crippen molar-refractivity contribution in [3.8, 4) is 0 Å². The maximum Gasteiger partial charge on any atom is 0.108 e. The lowest BCUT2D eigenvalue weighted by molar-refractivity contribution is 0.581. The number of hydrogen-bond acceptors (Lipinski definition) is 2. The second-order valence-corrected chi connectivity index (χ2v) is 4.50. The predicted molar refractivity (Wildman–Crippen MR) is 74.6 cm³/mol. The third-order valence-corrected chi connectivity index (χ3v) is 3.47. The molecule has 1 aromatic carbocycles. The third kappa shape index (κ3) is 2.91. The minimum Gasteiger partial charge on any atom is -0.334 e. The number of rotatable bonds is 5. The number of imidazole rings is 1. The predicted octanol–water partition coefficient (Wildman–Crippen LogP) is 3.16. The van der Waals surface area contributed by atoms with Crippen LogP contribution in [0.3, 0.4) is 0 Å². The average molecular weight is 246 g/mol. The number of nitrogens with zero attached hydrogens (tertiary/aromatic N) is 2. The van der Waals surface area contributed by atoms with Crippen molar-refractivity contribution >= 4 is 12.6 Å². The summed E-state index contributed by atoms with van der Waals surface area (Å²) in [6.45, 7) is 3.09. The van der Waals surface area contributed by atoms with Gasteiger partial charge in [0.25, 0.3) is 0 Å². The highest BCUT2D eigenvalue weighted by molar-refractivity contribution is 7.80. The number of aromatic nitrogens is 2. The second kappa shape index (κ2) is 5.92. The molecule has 1 aromatic heterocycles. The molecule has 0 N–H and O–H groups in total. The molecule has 2 aromatic rings. The fourth-order valence-corrected chi connectivity index (χ4v) is 2.38. The fraction of sp³-hybridized carbons (Fsp3) is 0.357. The van der Waals surface area contributed by atoms with Gasteiger partial charge in [0, 0.05) is 31.3 Å². The van der Waals surface area contributed by atoms with Gasteiger partial charge in [0.05, 0.1) is 0 Å². The Morgan fingerprint density at radius 1 is 1.29 bits per heavy atom. The Kier molecular flexibility index (Phi) is 4.26. The Labute approximate surface area is 108 Å². The molecule has 0 fully saturated rings. The maximum atomic E-state index is 4.47. The van der Waals surface area contributed by atoms with Crippen molar-refractivity contribution in [2.75, 3.05) is 5.75 Å². The van der Waals surface area contributed by atoms with Gasteiger partial charge in [-0.1, -0.05) is 37.3 Å². The molecule has 0 aliphatic rings. The Balaban J connectivity index is 2.16. The fourth-order valence-electron chi connectivity index (χ4n) is 2.05. The van der Waals surface area contributed by atoms with Crippen molar-refractivity contribution in [3.63, 3.8) is 0 Å². The highest BCUT2D eigenvalue weighted by Gasteiger charge is 2.11. The van der Waals surface area contributed by atoms with Crippen molar-refractivity contribution in [2.24, 2.45) is 0 Å². The zero-order valence-electron chi connectivity index (χ0n) is 10.1. The zero-order valence-corrected chi connectivity index (χ0v) is 11.0. The van der Waals surface area contributed by atoms with E-state index >= 15 is 0 Å². The van der Waals surface area contributed by atoms with Crippen LogP contribution in [0, 0.1) is 0 Å². The van der Waals surface area contributed by atoms with Gasteiger partial charge in [0.2, 0.25) is 0 Å². The topological polar surface area (TPSA) is 17.8 Å². The average Bonchev–Trinajstić information content (AvgIpc) is 2.84. The first kappa shape index (κ1) is 12.2. The van der Waals surface area contributed by atoms with Crippen molar-refractivity contribution in [2.45, 2.75) is 25.8 Å².